The molecule has 0 unspecified atom stereocenters. The summed E-state index contributed by atoms with van der Waals surface area (Å²) in [7, 11) is 1.55. The van der Waals surface area contributed by atoms with Crippen molar-refractivity contribution in [3.05, 3.63) is 27.4 Å². The highest BCUT2D eigenvalue weighted by Crippen LogP contribution is 2.31. The third-order valence-corrected chi connectivity index (χ3v) is 2.30. The van der Waals surface area contributed by atoms with E-state index in [1.54, 1.807) is 13.2 Å². The van der Waals surface area contributed by atoms with E-state index in [4.69, 9.17) is 21.1 Å². The summed E-state index contributed by atoms with van der Waals surface area (Å²) in [5, 5.41) is 0.327. The molecule has 0 spiro atoms. The second kappa shape index (κ2) is 5.53. The van der Waals surface area contributed by atoms with Gasteiger partial charge in [-0.25, -0.2) is 4.39 Å². The van der Waals surface area contributed by atoms with E-state index < -0.39 is 5.82 Å². The molecule has 0 saturated heterocycles. The fourth-order valence-corrected chi connectivity index (χ4v) is 1.78. The molecule has 1 rings (SSSR count). The van der Waals surface area contributed by atoms with E-state index in [0.717, 1.165) is 0 Å². The average Bonchev–Trinajstić information content (AvgIpc) is 2.09. The van der Waals surface area contributed by atoms with Crippen molar-refractivity contribution >= 4 is 27.5 Å². The highest BCUT2D eigenvalue weighted by Gasteiger charge is 2.09. The van der Waals surface area contributed by atoms with Crippen molar-refractivity contribution in [2.24, 2.45) is 0 Å². The molecule has 2 nitrogen and oxygen atoms in total. The standard InChI is InChI=1S/C9H9BrClFO2/c1-13-2-3-14-9-7(10)4-6(11)5-8(9)12/h4-5H,2-3H2,1H3. The quantitative estimate of drug-likeness (QED) is 0.790. The Bertz CT molecular complexity index is 297. The Hall–Kier alpha value is -0.320. The summed E-state index contributed by atoms with van der Waals surface area (Å²) in [6.45, 7) is 0.710. The van der Waals surface area contributed by atoms with Gasteiger partial charge in [-0.15, -0.1) is 0 Å². The largest absolute Gasteiger partial charge is 0.487 e. The lowest BCUT2D eigenvalue weighted by Gasteiger charge is -2.08. The number of rotatable bonds is 4. The molecule has 14 heavy (non-hydrogen) atoms. The fourth-order valence-electron chi connectivity index (χ4n) is 0.894. The summed E-state index contributed by atoms with van der Waals surface area (Å²) in [6.07, 6.45) is 0. The van der Waals surface area contributed by atoms with Crippen LogP contribution in [0.3, 0.4) is 0 Å². The molecule has 5 heteroatoms. The maximum atomic E-state index is 13.3. The molecule has 0 amide bonds. The predicted octanol–water partition coefficient (Wildman–Crippen LogP) is 3.27. The Morgan fingerprint density at radius 1 is 1.43 bits per heavy atom. The second-order valence-corrected chi connectivity index (χ2v) is 3.83. The van der Waals surface area contributed by atoms with Gasteiger partial charge in [-0.05, 0) is 28.1 Å². The molecule has 0 bridgehead atoms. The van der Waals surface area contributed by atoms with Crippen LogP contribution in [0.15, 0.2) is 16.6 Å². The van der Waals surface area contributed by atoms with Crippen molar-refractivity contribution in [1.29, 1.82) is 0 Å². The zero-order chi connectivity index (χ0) is 10.6. The minimum atomic E-state index is -0.486. The zero-order valence-corrected chi connectivity index (χ0v) is 9.86. The molecule has 0 N–H and O–H groups in total. The van der Waals surface area contributed by atoms with Crippen molar-refractivity contribution in [3.63, 3.8) is 0 Å². The van der Waals surface area contributed by atoms with Gasteiger partial charge >= 0.3 is 0 Å². The summed E-state index contributed by atoms with van der Waals surface area (Å²) in [5.74, 6) is -0.327. The summed E-state index contributed by atoms with van der Waals surface area (Å²) < 4.78 is 23.7. The summed E-state index contributed by atoms with van der Waals surface area (Å²) in [4.78, 5) is 0. The third kappa shape index (κ3) is 3.12. The molecule has 0 aliphatic carbocycles. The molecular weight excluding hydrogens is 274 g/mol. The SMILES string of the molecule is COCCOc1c(F)cc(Cl)cc1Br. The lowest BCUT2D eigenvalue weighted by atomic mass is 10.3. The number of benzene rings is 1. The first kappa shape index (κ1) is 11.8. The van der Waals surface area contributed by atoms with E-state index >= 15 is 0 Å². The summed E-state index contributed by atoms with van der Waals surface area (Å²) >= 11 is 8.79. The number of ether oxygens (including phenoxy) is 2. The van der Waals surface area contributed by atoms with Gasteiger partial charge in [0.05, 0.1) is 11.1 Å². The summed E-state index contributed by atoms with van der Waals surface area (Å²) in [5.41, 5.74) is 0. The van der Waals surface area contributed by atoms with Crippen LogP contribution in [0.4, 0.5) is 4.39 Å². The topological polar surface area (TPSA) is 18.5 Å². The van der Waals surface area contributed by atoms with Crippen LogP contribution in [0.2, 0.25) is 5.02 Å². The Kier molecular flexibility index (Phi) is 4.65. The molecule has 0 atom stereocenters. The monoisotopic (exact) mass is 282 g/mol. The molecular formula is C9H9BrClFO2. The van der Waals surface area contributed by atoms with Crippen LogP contribution >= 0.6 is 27.5 Å². The van der Waals surface area contributed by atoms with Crippen LogP contribution in [0.5, 0.6) is 5.75 Å². The van der Waals surface area contributed by atoms with Crippen LogP contribution in [0.25, 0.3) is 0 Å². The van der Waals surface area contributed by atoms with Crippen molar-refractivity contribution in [3.8, 4) is 5.75 Å². The maximum Gasteiger partial charge on any atom is 0.169 e. The summed E-state index contributed by atoms with van der Waals surface area (Å²) in [6, 6.07) is 2.78. The van der Waals surface area contributed by atoms with Gasteiger partial charge in [0.2, 0.25) is 0 Å². The molecule has 0 aromatic heterocycles. The van der Waals surface area contributed by atoms with Crippen molar-refractivity contribution < 1.29 is 13.9 Å². The van der Waals surface area contributed by atoms with Gasteiger partial charge in [0.15, 0.2) is 11.6 Å². The van der Waals surface area contributed by atoms with Crippen molar-refractivity contribution in [2.75, 3.05) is 20.3 Å². The Balaban J connectivity index is 2.75. The first-order chi connectivity index (χ1) is 6.65. The number of hydrogen-bond acceptors (Lipinski definition) is 2. The van der Waals surface area contributed by atoms with E-state index in [1.807, 2.05) is 0 Å². The fraction of sp³-hybridized carbons (Fsp3) is 0.333. The van der Waals surface area contributed by atoms with Gasteiger partial charge < -0.3 is 9.47 Å². The predicted molar refractivity (Wildman–Crippen MR) is 56.5 cm³/mol. The number of halogens is 3. The van der Waals surface area contributed by atoms with Gasteiger partial charge in [-0.1, -0.05) is 11.6 Å². The molecule has 0 radical (unpaired) electrons. The smallest absolute Gasteiger partial charge is 0.169 e. The van der Waals surface area contributed by atoms with E-state index in [-0.39, 0.29) is 5.75 Å². The minimum Gasteiger partial charge on any atom is -0.487 e. The second-order valence-electron chi connectivity index (χ2n) is 2.54. The number of hydrogen-bond donors (Lipinski definition) is 0. The normalized spacial score (nSPS) is 10.3. The molecule has 78 valence electrons. The Morgan fingerprint density at radius 3 is 2.71 bits per heavy atom. The van der Waals surface area contributed by atoms with Gasteiger partial charge in [-0.2, -0.15) is 0 Å². The van der Waals surface area contributed by atoms with Crippen LogP contribution in [0, 0.1) is 5.82 Å². The molecule has 1 aromatic rings. The first-order valence-corrected chi connectivity index (χ1v) is 5.08. The molecule has 0 heterocycles. The van der Waals surface area contributed by atoms with Crippen molar-refractivity contribution in [2.45, 2.75) is 0 Å². The van der Waals surface area contributed by atoms with E-state index in [9.17, 15) is 4.39 Å². The van der Waals surface area contributed by atoms with Crippen LogP contribution in [0.1, 0.15) is 0 Å². The van der Waals surface area contributed by atoms with Crippen LogP contribution in [-0.2, 0) is 4.74 Å². The molecule has 0 saturated carbocycles. The van der Waals surface area contributed by atoms with Crippen LogP contribution < -0.4 is 4.74 Å². The average molecular weight is 284 g/mol. The lowest BCUT2D eigenvalue weighted by Crippen LogP contribution is -2.05. The van der Waals surface area contributed by atoms with E-state index in [1.165, 1.54) is 6.07 Å². The highest BCUT2D eigenvalue weighted by molar-refractivity contribution is 9.10. The zero-order valence-electron chi connectivity index (χ0n) is 7.52. The molecule has 1 aromatic carbocycles. The first-order valence-electron chi connectivity index (χ1n) is 3.91. The molecule has 0 aliphatic heterocycles. The molecule has 0 fully saturated rings. The number of methoxy groups -OCH3 is 1. The van der Waals surface area contributed by atoms with Gasteiger partial charge in [-0.3, -0.25) is 0 Å². The lowest BCUT2D eigenvalue weighted by molar-refractivity contribution is 0.143. The minimum absolute atomic E-state index is 0.159. The van der Waals surface area contributed by atoms with Crippen LogP contribution in [-0.4, -0.2) is 20.3 Å². The van der Waals surface area contributed by atoms with Gasteiger partial charge in [0.25, 0.3) is 0 Å². The third-order valence-electron chi connectivity index (χ3n) is 1.50. The van der Waals surface area contributed by atoms with Crippen molar-refractivity contribution in [1.82, 2.24) is 0 Å². The van der Waals surface area contributed by atoms with Gasteiger partial charge in [0.1, 0.15) is 6.61 Å². The van der Waals surface area contributed by atoms with Gasteiger partial charge in [0, 0.05) is 12.1 Å². The Morgan fingerprint density at radius 2 is 2.14 bits per heavy atom. The highest BCUT2D eigenvalue weighted by atomic mass is 79.9. The van der Waals surface area contributed by atoms with E-state index in [2.05, 4.69) is 15.9 Å². The Labute approximate surface area is 95.1 Å². The molecule has 0 aliphatic rings. The van der Waals surface area contributed by atoms with E-state index in [0.29, 0.717) is 22.7 Å². The maximum absolute atomic E-state index is 13.3.